The fourth-order valence-electron chi connectivity index (χ4n) is 3.49. The van der Waals surface area contributed by atoms with E-state index in [2.05, 4.69) is 11.4 Å². The summed E-state index contributed by atoms with van der Waals surface area (Å²) in [6.45, 7) is 0.149. The van der Waals surface area contributed by atoms with Gasteiger partial charge in [0, 0.05) is 22.3 Å². The maximum Gasteiger partial charge on any atom is 0.244 e. The Labute approximate surface area is 175 Å². The van der Waals surface area contributed by atoms with E-state index < -0.39 is 10.0 Å². The lowest BCUT2D eigenvalue weighted by Crippen LogP contribution is -2.19. The molecule has 0 aliphatic heterocycles. The quantitative estimate of drug-likeness (QED) is 0.498. The molecule has 3 N–H and O–H groups in total. The highest BCUT2D eigenvalue weighted by atomic mass is 32.2. The van der Waals surface area contributed by atoms with Crippen LogP contribution in [0.2, 0.25) is 0 Å². The Bertz CT molecular complexity index is 1290. The van der Waals surface area contributed by atoms with Crippen LogP contribution in [-0.2, 0) is 27.1 Å². The standard InChI is InChI=1S/C23H21N3O3S/c24-30(28,29)16-17-10-12-20(13-11-17)25-23(27)15-26-21-9-5-4-8-19(21)14-22(26)18-6-2-1-3-7-18/h1-14H,15-16H2,(H,25,27)(H2,24,28,29). The molecule has 0 bridgehead atoms. The van der Waals surface area contributed by atoms with E-state index in [0.717, 1.165) is 22.2 Å². The molecule has 1 aromatic heterocycles. The lowest BCUT2D eigenvalue weighted by molar-refractivity contribution is -0.116. The Hall–Kier alpha value is -3.42. The number of anilines is 1. The summed E-state index contributed by atoms with van der Waals surface area (Å²) in [4.78, 5) is 12.8. The fraction of sp³-hybridized carbons (Fsp3) is 0.0870. The molecule has 0 aliphatic rings. The number of carbonyl (C=O) groups excluding carboxylic acids is 1. The molecule has 152 valence electrons. The van der Waals surface area contributed by atoms with E-state index >= 15 is 0 Å². The summed E-state index contributed by atoms with van der Waals surface area (Å²) in [6.07, 6.45) is 0. The predicted molar refractivity (Wildman–Crippen MR) is 119 cm³/mol. The van der Waals surface area contributed by atoms with Crippen LogP contribution < -0.4 is 10.5 Å². The van der Waals surface area contributed by atoms with Gasteiger partial charge in [0.2, 0.25) is 15.9 Å². The lowest BCUT2D eigenvalue weighted by Gasteiger charge is -2.12. The second-order valence-corrected chi connectivity index (χ2v) is 8.71. The molecular formula is C23H21N3O3S. The Morgan fingerprint density at radius 3 is 2.27 bits per heavy atom. The van der Waals surface area contributed by atoms with E-state index in [1.54, 1.807) is 24.3 Å². The third-order valence-electron chi connectivity index (χ3n) is 4.79. The van der Waals surface area contributed by atoms with Crippen LogP contribution in [0.5, 0.6) is 0 Å². The number of primary sulfonamides is 1. The van der Waals surface area contributed by atoms with Gasteiger partial charge in [0.25, 0.3) is 0 Å². The molecule has 0 radical (unpaired) electrons. The average molecular weight is 420 g/mol. The molecule has 1 amide bonds. The maximum atomic E-state index is 12.8. The van der Waals surface area contributed by atoms with E-state index in [4.69, 9.17) is 5.14 Å². The van der Waals surface area contributed by atoms with Crippen molar-refractivity contribution in [2.45, 2.75) is 12.3 Å². The lowest BCUT2D eigenvalue weighted by atomic mass is 10.1. The molecule has 0 saturated heterocycles. The summed E-state index contributed by atoms with van der Waals surface area (Å²) in [7, 11) is -3.59. The van der Waals surface area contributed by atoms with E-state index in [0.29, 0.717) is 11.3 Å². The number of nitrogens with one attached hydrogen (secondary N) is 1. The first-order valence-electron chi connectivity index (χ1n) is 9.42. The molecular weight excluding hydrogens is 398 g/mol. The van der Waals surface area contributed by atoms with E-state index in [-0.39, 0.29) is 18.2 Å². The van der Waals surface area contributed by atoms with Crippen molar-refractivity contribution in [3.8, 4) is 11.3 Å². The number of rotatable bonds is 6. The van der Waals surface area contributed by atoms with Crippen molar-refractivity contribution in [2.24, 2.45) is 5.14 Å². The SMILES string of the molecule is NS(=O)(=O)Cc1ccc(NC(=O)Cn2c(-c3ccccc3)cc3ccccc32)cc1. The summed E-state index contributed by atoms with van der Waals surface area (Å²) >= 11 is 0. The van der Waals surface area contributed by atoms with Gasteiger partial charge in [0.05, 0.1) is 5.75 Å². The number of nitrogens with zero attached hydrogens (tertiary/aromatic N) is 1. The summed E-state index contributed by atoms with van der Waals surface area (Å²) in [5.41, 5.74) is 4.15. The highest BCUT2D eigenvalue weighted by molar-refractivity contribution is 7.88. The molecule has 4 aromatic rings. The molecule has 30 heavy (non-hydrogen) atoms. The first kappa shape index (κ1) is 19.9. The normalized spacial score (nSPS) is 11.5. The number of hydrogen-bond acceptors (Lipinski definition) is 3. The van der Waals surface area contributed by atoms with Crippen molar-refractivity contribution in [3.05, 3.63) is 90.5 Å². The molecule has 1 heterocycles. The van der Waals surface area contributed by atoms with Crippen LogP contribution in [0.15, 0.2) is 84.9 Å². The molecule has 4 rings (SSSR count). The van der Waals surface area contributed by atoms with Gasteiger partial charge in [-0.05, 0) is 35.4 Å². The van der Waals surface area contributed by atoms with Gasteiger partial charge in [-0.2, -0.15) is 0 Å². The van der Waals surface area contributed by atoms with Gasteiger partial charge >= 0.3 is 0 Å². The molecule has 0 fully saturated rings. The number of sulfonamides is 1. The van der Waals surface area contributed by atoms with Gasteiger partial charge < -0.3 is 9.88 Å². The van der Waals surface area contributed by atoms with Crippen LogP contribution in [0, 0.1) is 0 Å². The van der Waals surface area contributed by atoms with Crippen molar-refractivity contribution in [1.82, 2.24) is 4.57 Å². The molecule has 6 nitrogen and oxygen atoms in total. The third kappa shape index (κ3) is 4.59. The monoisotopic (exact) mass is 419 g/mol. The van der Waals surface area contributed by atoms with Gasteiger partial charge in [0.1, 0.15) is 6.54 Å². The van der Waals surface area contributed by atoms with E-state index in [1.165, 1.54) is 0 Å². The molecule has 0 saturated carbocycles. The minimum Gasteiger partial charge on any atom is -0.331 e. The zero-order valence-electron chi connectivity index (χ0n) is 16.2. The fourth-order valence-corrected chi connectivity index (χ4v) is 4.15. The van der Waals surface area contributed by atoms with Crippen molar-refractivity contribution >= 4 is 32.5 Å². The second kappa shape index (κ2) is 8.14. The van der Waals surface area contributed by atoms with Gasteiger partial charge in [-0.15, -0.1) is 0 Å². The molecule has 0 atom stereocenters. The van der Waals surface area contributed by atoms with E-state index in [1.807, 2.05) is 59.2 Å². The van der Waals surface area contributed by atoms with Crippen molar-refractivity contribution in [2.75, 3.05) is 5.32 Å². The number of para-hydroxylation sites is 1. The Balaban J connectivity index is 1.57. The Morgan fingerprint density at radius 1 is 0.900 bits per heavy atom. The first-order chi connectivity index (χ1) is 14.4. The summed E-state index contributed by atoms with van der Waals surface area (Å²) < 4.78 is 24.4. The molecule has 7 heteroatoms. The van der Waals surface area contributed by atoms with E-state index in [9.17, 15) is 13.2 Å². The molecule has 0 unspecified atom stereocenters. The number of nitrogens with two attached hydrogens (primary N) is 1. The third-order valence-corrected chi connectivity index (χ3v) is 5.52. The largest absolute Gasteiger partial charge is 0.331 e. The minimum atomic E-state index is -3.59. The van der Waals surface area contributed by atoms with Gasteiger partial charge in [-0.3, -0.25) is 4.79 Å². The van der Waals surface area contributed by atoms with Crippen LogP contribution in [0.4, 0.5) is 5.69 Å². The molecule has 0 aliphatic carbocycles. The summed E-state index contributed by atoms with van der Waals surface area (Å²) in [5, 5.41) is 9.01. The highest BCUT2D eigenvalue weighted by Crippen LogP contribution is 2.28. The van der Waals surface area contributed by atoms with Crippen LogP contribution in [-0.4, -0.2) is 18.9 Å². The zero-order chi connectivity index (χ0) is 21.1. The smallest absolute Gasteiger partial charge is 0.244 e. The number of fused-ring (bicyclic) bond motifs is 1. The highest BCUT2D eigenvalue weighted by Gasteiger charge is 2.14. The number of carbonyl (C=O) groups is 1. The summed E-state index contributed by atoms with van der Waals surface area (Å²) in [5.74, 6) is -0.412. The first-order valence-corrected chi connectivity index (χ1v) is 11.1. The van der Waals surface area contributed by atoms with Crippen LogP contribution in [0.1, 0.15) is 5.56 Å². The Kier molecular flexibility index (Phi) is 5.39. The van der Waals surface area contributed by atoms with Crippen LogP contribution in [0.25, 0.3) is 22.2 Å². The zero-order valence-corrected chi connectivity index (χ0v) is 17.0. The van der Waals surface area contributed by atoms with Crippen molar-refractivity contribution in [1.29, 1.82) is 0 Å². The average Bonchev–Trinajstić information content (AvgIpc) is 3.07. The van der Waals surface area contributed by atoms with Crippen LogP contribution in [0.3, 0.4) is 0 Å². The Morgan fingerprint density at radius 2 is 1.57 bits per heavy atom. The summed E-state index contributed by atoms with van der Waals surface area (Å²) in [6, 6.07) is 26.6. The minimum absolute atomic E-state index is 0.149. The van der Waals surface area contributed by atoms with Crippen LogP contribution >= 0.6 is 0 Å². The molecule has 0 spiro atoms. The number of aromatic nitrogens is 1. The van der Waals surface area contributed by atoms with Gasteiger partial charge in [-0.1, -0.05) is 60.7 Å². The number of benzene rings is 3. The number of amides is 1. The van der Waals surface area contributed by atoms with Gasteiger partial charge in [0.15, 0.2) is 0 Å². The number of hydrogen-bond donors (Lipinski definition) is 2. The van der Waals surface area contributed by atoms with Crippen molar-refractivity contribution < 1.29 is 13.2 Å². The molecule has 3 aromatic carbocycles. The van der Waals surface area contributed by atoms with Crippen molar-refractivity contribution in [3.63, 3.8) is 0 Å². The predicted octanol–water partition coefficient (Wildman–Crippen LogP) is 3.74. The second-order valence-electron chi connectivity index (χ2n) is 7.09. The van der Waals surface area contributed by atoms with Gasteiger partial charge in [-0.25, -0.2) is 13.6 Å². The maximum absolute atomic E-state index is 12.8. The topological polar surface area (TPSA) is 94.2 Å².